The number of ketones is 3. The van der Waals surface area contributed by atoms with Crippen molar-refractivity contribution in [3.63, 3.8) is 0 Å². The summed E-state index contributed by atoms with van der Waals surface area (Å²) >= 11 is 6.76. The molecule has 0 radical (unpaired) electrons. The number of hydrogen-bond acceptors (Lipinski definition) is 3. The maximum atomic E-state index is 13.6. The Labute approximate surface area is 202 Å². The third-order valence-electron chi connectivity index (χ3n) is 5.01. The molecule has 4 aromatic rings. The van der Waals surface area contributed by atoms with Gasteiger partial charge in [0.05, 0.1) is 0 Å². The molecule has 0 N–H and O–H groups in total. The van der Waals surface area contributed by atoms with Crippen LogP contribution in [0.15, 0.2) is 106 Å². The highest BCUT2D eigenvalue weighted by molar-refractivity contribution is 9.10. The minimum atomic E-state index is -0.372. The van der Waals surface area contributed by atoms with Crippen LogP contribution in [0.5, 0.6) is 0 Å². The monoisotopic (exact) mass is 546 g/mol. The van der Waals surface area contributed by atoms with E-state index in [0.717, 1.165) is 8.95 Å². The number of hydrogen-bond donors (Lipinski definition) is 0. The van der Waals surface area contributed by atoms with E-state index in [4.69, 9.17) is 0 Å². The summed E-state index contributed by atoms with van der Waals surface area (Å²) in [6, 6.07) is 27.4. The second-order valence-electron chi connectivity index (χ2n) is 7.10. The standard InChI is InChI=1S/C27H16Br2O3/c28-19-9-5-7-17(15-19)25(30)21-11-1-3-13-23(21)27(32)24-14-4-2-12-22(24)26(31)18-8-6-10-20(29)16-18/h1-16H. The van der Waals surface area contributed by atoms with Gasteiger partial charge in [-0.25, -0.2) is 0 Å². The van der Waals surface area contributed by atoms with Crippen LogP contribution >= 0.6 is 31.9 Å². The lowest BCUT2D eigenvalue weighted by Crippen LogP contribution is -2.15. The highest BCUT2D eigenvalue weighted by Crippen LogP contribution is 2.24. The van der Waals surface area contributed by atoms with Gasteiger partial charge in [0.25, 0.3) is 0 Å². The molecule has 156 valence electrons. The smallest absolute Gasteiger partial charge is 0.194 e. The van der Waals surface area contributed by atoms with Crippen molar-refractivity contribution in [2.75, 3.05) is 0 Å². The Balaban J connectivity index is 1.77. The van der Waals surface area contributed by atoms with Crippen LogP contribution in [0.1, 0.15) is 47.8 Å². The zero-order valence-corrected chi connectivity index (χ0v) is 19.9. The van der Waals surface area contributed by atoms with Crippen LogP contribution in [0.3, 0.4) is 0 Å². The van der Waals surface area contributed by atoms with Crippen LogP contribution in [0, 0.1) is 0 Å². The van der Waals surface area contributed by atoms with Crippen LogP contribution in [-0.4, -0.2) is 17.3 Å². The van der Waals surface area contributed by atoms with Gasteiger partial charge in [0.1, 0.15) is 0 Å². The molecule has 0 aromatic heterocycles. The predicted molar refractivity (Wildman–Crippen MR) is 131 cm³/mol. The summed E-state index contributed by atoms with van der Waals surface area (Å²) in [6.07, 6.45) is 0. The van der Waals surface area contributed by atoms with Crippen LogP contribution in [0.25, 0.3) is 0 Å². The Hall–Kier alpha value is -3.15. The van der Waals surface area contributed by atoms with Gasteiger partial charge in [-0.05, 0) is 24.3 Å². The number of rotatable bonds is 6. The second kappa shape index (κ2) is 9.55. The van der Waals surface area contributed by atoms with Gasteiger partial charge in [-0.15, -0.1) is 0 Å². The van der Waals surface area contributed by atoms with Gasteiger partial charge >= 0.3 is 0 Å². The van der Waals surface area contributed by atoms with Crippen molar-refractivity contribution in [1.29, 1.82) is 0 Å². The number of carbonyl (C=O) groups excluding carboxylic acids is 3. The van der Waals surface area contributed by atoms with Gasteiger partial charge in [0, 0.05) is 42.3 Å². The molecule has 4 rings (SSSR count). The van der Waals surface area contributed by atoms with E-state index in [1.165, 1.54) is 0 Å². The number of carbonyl (C=O) groups is 3. The van der Waals surface area contributed by atoms with Crippen molar-refractivity contribution in [2.24, 2.45) is 0 Å². The Morgan fingerprint density at radius 2 is 0.781 bits per heavy atom. The predicted octanol–water partition coefficient (Wildman–Crippen LogP) is 6.90. The molecule has 0 fully saturated rings. The van der Waals surface area contributed by atoms with E-state index in [0.29, 0.717) is 22.3 Å². The van der Waals surface area contributed by atoms with Crippen molar-refractivity contribution in [1.82, 2.24) is 0 Å². The molecule has 3 nitrogen and oxygen atoms in total. The Bertz CT molecular complexity index is 1260. The van der Waals surface area contributed by atoms with Crippen molar-refractivity contribution in [3.8, 4) is 0 Å². The number of halogens is 2. The summed E-state index contributed by atoms with van der Waals surface area (Å²) in [4.78, 5) is 39.9. The highest BCUT2D eigenvalue weighted by Gasteiger charge is 2.23. The molecule has 0 bridgehead atoms. The lowest BCUT2D eigenvalue weighted by Gasteiger charge is -2.12. The van der Waals surface area contributed by atoms with Crippen LogP contribution in [-0.2, 0) is 0 Å². The topological polar surface area (TPSA) is 51.2 Å². The summed E-state index contributed by atoms with van der Waals surface area (Å²) in [5.41, 5.74) is 2.04. The molecule has 0 aliphatic heterocycles. The summed E-state index contributed by atoms with van der Waals surface area (Å²) in [6.45, 7) is 0. The van der Waals surface area contributed by atoms with E-state index >= 15 is 0 Å². The van der Waals surface area contributed by atoms with E-state index < -0.39 is 0 Å². The maximum absolute atomic E-state index is 13.6. The van der Waals surface area contributed by atoms with E-state index in [1.807, 2.05) is 12.1 Å². The first-order valence-corrected chi connectivity index (χ1v) is 11.4. The average molecular weight is 548 g/mol. The molecule has 0 heterocycles. The highest BCUT2D eigenvalue weighted by atomic mass is 79.9. The van der Waals surface area contributed by atoms with E-state index in [2.05, 4.69) is 31.9 Å². The molecule has 0 unspecified atom stereocenters. The lowest BCUT2D eigenvalue weighted by atomic mass is 9.89. The first kappa shape index (κ1) is 22.1. The summed E-state index contributed by atoms with van der Waals surface area (Å²) in [5, 5.41) is 0. The third kappa shape index (κ3) is 4.54. The van der Waals surface area contributed by atoms with E-state index in [9.17, 15) is 14.4 Å². The van der Waals surface area contributed by atoms with Gasteiger partial charge in [-0.1, -0.05) is 105 Å². The SMILES string of the molecule is O=C(c1cccc(Br)c1)c1ccccc1C(=O)c1ccccc1C(=O)c1cccc(Br)c1. The molecule has 0 aliphatic rings. The van der Waals surface area contributed by atoms with Gasteiger partial charge in [-0.2, -0.15) is 0 Å². The fraction of sp³-hybridized carbons (Fsp3) is 0. The maximum Gasteiger partial charge on any atom is 0.194 e. The summed E-state index contributed by atoms with van der Waals surface area (Å²) in [7, 11) is 0. The molecule has 5 heteroatoms. The first-order valence-electron chi connectivity index (χ1n) is 9.79. The largest absolute Gasteiger partial charge is 0.289 e. The molecule has 32 heavy (non-hydrogen) atoms. The molecule has 0 atom stereocenters. The fourth-order valence-corrected chi connectivity index (χ4v) is 4.27. The van der Waals surface area contributed by atoms with Gasteiger partial charge in [0.2, 0.25) is 0 Å². The summed E-state index contributed by atoms with van der Waals surface area (Å²) in [5.74, 6) is -0.889. The van der Waals surface area contributed by atoms with Gasteiger partial charge in [-0.3, -0.25) is 14.4 Å². The summed E-state index contributed by atoms with van der Waals surface area (Å²) < 4.78 is 1.55. The zero-order valence-electron chi connectivity index (χ0n) is 16.7. The van der Waals surface area contributed by atoms with Gasteiger partial charge in [0.15, 0.2) is 17.3 Å². The Morgan fingerprint density at radius 3 is 1.12 bits per heavy atom. The van der Waals surface area contributed by atoms with Crippen molar-refractivity contribution in [3.05, 3.63) is 139 Å². The van der Waals surface area contributed by atoms with Crippen molar-refractivity contribution < 1.29 is 14.4 Å². The molecule has 0 amide bonds. The van der Waals surface area contributed by atoms with Gasteiger partial charge < -0.3 is 0 Å². The first-order chi connectivity index (χ1) is 15.5. The normalized spacial score (nSPS) is 10.6. The lowest BCUT2D eigenvalue weighted by molar-refractivity contribution is 0.0994. The molecular weight excluding hydrogens is 532 g/mol. The minimum absolute atomic E-state index is 0.256. The van der Waals surface area contributed by atoms with Crippen molar-refractivity contribution >= 4 is 49.2 Å². The molecule has 0 saturated carbocycles. The quantitative estimate of drug-likeness (QED) is 0.246. The van der Waals surface area contributed by atoms with Crippen molar-refractivity contribution in [2.45, 2.75) is 0 Å². The second-order valence-corrected chi connectivity index (χ2v) is 8.93. The van der Waals surface area contributed by atoms with Crippen LogP contribution < -0.4 is 0 Å². The molecule has 0 spiro atoms. The Morgan fingerprint density at radius 1 is 0.438 bits per heavy atom. The number of benzene rings is 4. The molecule has 0 aliphatic carbocycles. The van der Waals surface area contributed by atoms with Crippen LogP contribution in [0.4, 0.5) is 0 Å². The Kier molecular flexibility index (Phi) is 6.58. The molecular formula is C27H16Br2O3. The van der Waals surface area contributed by atoms with E-state index in [-0.39, 0.29) is 28.5 Å². The fourth-order valence-electron chi connectivity index (χ4n) is 3.47. The average Bonchev–Trinajstić information content (AvgIpc) is 2.82. The molecule has 4 aromatic carbocycles. The zero-order chi connectivity index (χ0) is 22.7. The molecule has 0 saturated heterocycles. The van der Waals surface area contributed by atoms with Crippen LogP contribution in [0.2, 0.25) is 0 Å². The third-order valence-corrected chi connectivity index (χ3v) is 5.99. The minimum Gasteiger partial charge on any atom is -0.289 e. The van der Waals surface area contributed by atoms with E-state index in [1.54, 1.807) is 84.9 Å².